The normalized spacial score (nSPS) is 17.5. The molecule has 174 valence electrons. The summed E-state index contributed by atoms with van der Waals surface area (Å²) in [6.45, 7) is 4.52. The molecule has 1 fully saturated rings. The molecule has 0 aromatic heterocycles. The van der Waals surface area contributed by atoms with Gasteiger partial charge in [0.25, 0.3) is 0 Å². The van der Waals surface area contributed by atoms with Gasteiger partial charge < -0.3 is 0 Å². The largest absolute Gasteiger partial charge is 0.0979 e. The minimum atomic E-state index is 0.745. The molecule has 1 aliphatic carbocycles. The molecule has 2 aromatic rings. The van der Waals surface area contributed by atoms with Gasteiger partial charge in [-0.3, -0.25) is 0 Å². The second-order valence-corrected chi connectivity index (χ2v) is 9.78. The standard InChI is InChI=1S/C33H42/c1-3-5-7-9-11-13-28-14-16-30(17-15-28)18-19-31-22-26-33(27-23-31)32-24-20-29(21-25-32)12-10-8-6-4-2/h14-17,22-23,26-27,29,32H,3-10,12,20-21,24-25H2,1-2H3/t29-,32-. The van der Waals surface area contributed by atoms with Gasteiger partial charge >= 0.3 is 0 Å². The Hall–Kier alpha value is -2.44. The van der Waals surface area contributed by atoms with Gasteiger partial charge in [0.2, 0.25) is 0 Å². The molecule has 33 heavy (non-hydrogen) atoms. The second-order valence-electron chi connectivity index (χ2n) is 9.78. The van der Waals surface area contributed by atoms with E-state index in [9.17, 15) is 0 Å². The highest BCUT2D eigenvalue weighted by atomic mass is 14.3. The maximum Gasteiger partial charge on any atom is 0.0249 e. The van der Waals surface area contributed by atoms with Crippen molar-refractivity contribution in [3.63, 3.8) is 0 Å². The van der Waals surface area contributed by atoms with Gasteiger partial charge in [-0.1, -0.05) is 94.6 Å². The van der Waals surface area contributed by atoms with E-state index in [2.05, 4.69) is 86.1 Å². The van der Waals surface area contributed by atoms with E-state index in [0.717, 1.165) is 34.9 Å². The maximum atomic E-state index is 3.33. The van der Waals surface area contributed by atoms with Gasteiger partial charge in [-0.25, -0.2) is 0 Å². The van der Waals surface area contributed by atoms with Crippen LogP contribution in [0.15, 0.2) is 48.5 Å². The summed E-state index contributed by atoms with van der Waals surface area (Å²) in [7, 11) is 0. The molecular formula is C33H42. The van der Waals surface area contributed by atoms with Crippen molar-refractivity contribution < 1.29 is 0 Å². The van der Waals surface area contributed by atoms with Crippen LogP contribution in [0.4, 0.5) is 0 Å². The molecule has 0 radical (unpaired) electrons. The fourth-order valence-corrected chi connectivity index (χ4v) is 4.89. The molecule has 0 bridgehead atoms. The first-order valence-corrected chi connectivity index (χ1v) is 13.5. The van der Waals surface area contributed by atoms with Crippen molar-refractivity contribution >= 4 is 0 Å². The Balaban J connectivity index is 1.46. The summed E-state index contributed by atoms with van der Waals surface area (Å²) in [5, 5.41) is 0. The highest BCUT2D eigenvalue weighted by Crippen LogP contribution is 2.37. The van der Waals surface area contributed by atoms with Crippen LogP contribution in [-0.2, 0) is 0 Å². The van der Waals surface area contributed by atoms with Gasteiger partial charge in [0.1, 0.15) is 0 Å². The summed E-state index contributed by atoms with van der Waals surface area (Å²) >= 11 is 0. The summed E-state index contributed by atoms with van der Waals surface area (Å²) in [4.78, 5) is 0. The van der Waals surface area contributed by atoms with Gasteiger partial charge in [-0.05, 0) is 85.9 Å². The van der Waals surface area contributed by atoms with Crippen molar-refractivity contribution in [3.8, 4) is 23.7 Å². The number of hydrogen-bond acceptors (Lipinski definition) is 0. The molecule has 0 unspecified atom stereocenters. The third-order valence-corrected chi connectivity index (χ3v) is 7.07. The van der Waals surface area contributed by atoms with Gasteiger partial charge in [-0.15, -0.1) is 0 Å². The summed E-state index contributed by atoms with van der Waals surface area (Å²) in [6, 6.07) is 17.4. The smallest absolute Gasteiger partial charge is 0.0249 e. The zero-order valence-electron chi connectivity index (χ0n) is 21.0. The molecule has 0 heterocycles. The average Bonchev–Trinajstić information content (AvgIpc) is 2.87. The molecule has 0 aliphatic heterocycles. The quantitative estimate of drug-likeness (QED) is 0.270. The number of rotatable bonds is 9. The van der Waals surface area contributed by atoms with Gasteiger partial charge in [-0.2, -0.15) is 0 Å². The lowest BCUT2D eigenvalue weighted by Gasteiger charge is -2.29. The highest BCUT2D eigenvalue weighted by molar-refractivity contribution is 5.46. The topological polar surface area (TPSA) is 0 Å². The van der Waals surface area contributed by atoms with Crippen molar-refractivity contribution in [2.45, 2.75) is 103 Å². The predicted molar refractivity (Wildman–Crippen MR) is 143 cm³/mol. The van der Waals surface area contributed by atoms with Crippen LogP contribution in [0.1, 0.15) is 125 Å². The monoisotopic (exact) mass is 438 g/mol. The molecule has 0 nitrogen and oxygen atoms in total. The number of hydrogen-bond donors (Lipinski definition) is 0. The molecule has 0 spiro atoms. The first-order chi connectivity index (χ1) is 16.3. The van der Waals surface area contributed by atoms with E-state index in [1.165, 1.54) is 82.6 Å². The first-order valence-electron chi connectivity index (χ1n) is 13.5. The summed E-state index contributed by atoms with van der Waals surface area (Å²) in [5.41, 5.74) is 4.74. The molecular weight excluding hydrogens is 396 g/mol. The van der Waals surface area contributed by atoms with Gasteiger partial charge in [0.15, 0.2) is 0 Å². The molecule has 1 saturated carbocycles. The fraction of sp³-hybridized carbons (Fsp3) is 0.515. The van der Waals surface area contributed by atoms with Crippen molar-refractivity contribution in [1.82, 2.24) is 0 Å². The van der Waals surface area contributed by atoms with Crippen LogP contribution < -0.4 is 0 Å². The van der Waals surface area contributed by atoms with E-state index in [4.69, 9.17) is 0 Å². The molecule has 0 saturated heterocycles. The van der Waals surface area contributed by atoms with Crippen LogP contribution >= 0.6 is 0 Å². The van der Waals surface area contributed by atoms with E-state index in [1.807, 2.05) is 0 Å². The Kier molecular flexibility index (Phi) is 11.2. The van der Waals surface area contributed by atoms with Crippen molar-refractivity contribution in [1.29, 1.82) is 0 Å². The Bertz CT molecular complexity index is 916. The van der Waals surface area contributed by atoms with E-state index in [0.29, 0.717) is 0 Å². The zero-order chi connectivity index (χ0) is 23.1. The Labute approximate surface area is 203 Å². The lowest BCUT2D eigenvalue weighted by atomic mass is 9.77. The predicted octanol–water partition coefficient (Wildman–Crippen LogP) is 9.26. The van der Waals surface area contributed by atoms with E-state index in [-0.39, 0.29) is 0 Å². The molecule has 0 atom stereocenters. The van der Waals surface area contributed by atoms with Crippen LogP contribution in [0.2, 0.25) is 0 Å². The average molecular weight is 439 g/mol. The Morgan fingerprint density at radius 2 is 1.15 bits per heavy atom. The van der Waals surface area contributed by atoms with Crippen LogP contribution in [-0.4, -0.2) is 0 Å². The van der Waals surface area contributed by atoms with Gasteiger partial charge in [0, 0.05) is 23.1 Å². The molecule has 3 rings (SSSR count). The minimum absolute atomic E-state index is 0.745. The van der Waals surface area contributed by atoms with Crippen LogP contribution in [0.3, 0.4) is 0 Å². The van der Waals surface area contributed by atoms with Crippen molar-refractivity contribution in [2.24, 2.45) is 5.92 Å². The third kappa shape index (κ3) is 9.14. The minimum Gasteiger partial charge on any atom is -0.0979 e. The first kappa shape index (κ1) is 25.2. The Morgan fingerprint density at radius 1 is 0.606 bits per heavy atom. The molecule has 0 N–H and O–H groups in total. The highest BCUT2D eigenvalue weighted by Gasteiger charge is 2.21. The van der Waals surface area contributed by atoms with E-state index < -0.39 is 0 Å². The number of unbranched alkanes of at least 4 members (excludes halogenated alkanes) is 6. The van der Waals surface area contributed by atoms with E-state index in [1.54, 1.807) is 0 Å². The van der Waals surface area contributed by atoms with Gasteiger partial charge in [0.05, 0.1) is 0 Å². The van der Waals surface area contributed by atoms with E-state index >= 15 is 0 Å². The van der Waals surface area contributed by atoms with Crippen LogP contribution in [0.25, 0.3) is 0 Å². The summed E-state index contributed by atoms with van der Waals surface area (Å²) in [5.74, 6) is 14.9. The maximum absolute atomic E-state index is 3.33. The fourth-order valence-electron chi connectivity index (χ4n) is 4.89. The molecule has 0 amide bonds. The SMILES string of the molecule is CCCCCC#Cc1ccc(C#Cc2ccc([C@H]3CC[C@H](CCCCCC)CC3)cc2)cc1. The zero-order valence-corrected chi connectivity index (χ0v) is 21.0. The van der Waals surface area contributed by atoms with Crippen molar-refractivity contribution in [3.05, 3.63) is 70.8 Å². The molecule has 1 aliphatic rings. The Morgan fingerprint density at radius 3 is 1.76 bits per heavy atom. The third-order valence-electron chi connectivity index (χ3n) is 7.07. The second kappa shape index (κ2) is 14.7. The summed E-state index contributed by atoms with van der Waals surface area (Å²) in [6.07, 6.45) is 17.3. The molecule has 2 aromatic carbocycles. The molecule has 0 heteroatoms. The van der Waals surface area contributed by atoms with Crippen LogP contribution in [0.5, 0.6) is 0 Å². The number of benzene rings is 2. The van der Waals surface area contributed by atoms with Crippen molar-refractivity contribution in [2.75, 3.05) is 0 Å². The lowest BCUT2D eigenvalue weighted by Crippen LogP contribution is -2.13. The van der Waals surface area contributed by atoms with Crippen LogP contribution in [0, 0.1) is 29.6 Å². The summed E-state index contributed by atoms with van der Waals surface area (Å²) < 4.78 is 0. The lowest BCUT2D eigenvalue weighted by molar-refractivity contribution is 0.302.